The van der Waals surface area contributed by atoms with Crippen molar-refractivity contribution < 1.29 is 0 Å². The Labute approximate surface area is 88.7 Å². The van der Waals surface area contributed by atoms with Gasteiger partial charge in [-0.05, 0) is 17.7 Å². The van der Waals surface area contributed by atoms with E-state index in [-0.39, 0.29) is 0 Å². The second-order valence-corrected chi connectivity index (χ2v) is 5.26. The largest absolute Gasteiger partial charge is 0.312 e. The molecule has 0 saturated carbocycles. The summed E-state index contributed by atoms with van der Waals surface area (Å²) in [4.78, 5) is 1.26. The summed E-state index contributed by atoms with van der Waals surface area (Å²) in [6, 6.07) is 8.06. The predicted molar refractivity (Wildman–Crippen MR) is 60.2 cm³/mol. The summed E-state index contributed by atoms with van der Waals surface area (Å²) in [5.41, 5.74) is 6.10. The van der Waals surface area contributed by atoms with Crippen molar-refractivity contribution in [2.75, 3.05) is 0 Å². The molecular formula is C10H14ClNS. The van der Waals surface area contributed by atoms with Crippen molar-refractivity contribution in [3.63, 3.8) is 0 Å². The molecule has 0 aliphatic carbocycles. The molecule has 3 heteroatoms. The minimum Gasteiger partial charge on any atom is -0.312 e. The standard InChI is InChI=1S/C10H14ClNS/c1-7(2)13-9-5-3-8(4-6-9)10(11)12/h3-7,10H,12H2,1-2H3. The van der Waals surface area contributed by atoms with E-state index >= 15 is 0 Å². The van der Waals surface area contributed by atoms with E-state index in [1.807, 2.05) is 23.9 Å². The van der Waals surface area contributed by atoms with E-state index in [1.165, 1.54) is 4.90 Å². The molecule has 0 heterocycles. The monoisotopic (exact) mass is 215 g/mol. The third-order valence-electron chi connectivity index (χ3n) is 1.57. The van der Waals surface area contributed by atoms with Gasteiger partial charge in [0.2, 0.25) is 0 Å². The van der Waals surface area contributed by atoms with E-state index in [0.717, 1.165) is 5.56 Å². The summed E-state index contributed by atoms with van der Waals surface area (Å²) in [6.45, 7) is 4.34. The molecule has 0 spiro atoms. The molecule has 72 valence electrons. The Morgan fingerprint density at radius 3 is 2.15 bits per heavy atom. The molecule has 1 atom stereocenters. The first-order valence-electron chi connectivity index (χ1n) is 4.26. The van der Waals surface area contributed by atoms with Gasteiger partial charge in [-0.3, -0.25) is 0 Å². The van der Waals surface area contributed by atoms with Crippen LogP contribution in [0.15, 0.2) is 29.2 Å². The Morgan fingerprint density at radius 1 is 1.23 bits per heavy atom. The van der Waals surface area contributed by atoms with Gasteiger partial charge in [-0.15, -0.1) is 23.4 Å². The lowest BCUT2D eigenvalue weighted by atomic mass is 10.2. The van der Waals surface area contributed by atoms with Crippen LogP contribution in [0, 0.1) is 0 Å². The van der Waals surface area contributed by atoms with Crippen LogP contribution in [0.4, 0.5) is 0 Å². The molecule has 13 heavy (non-hydrogen) atoms. The van der Waals surface area contributed by atoms with Gasteiger partial charge in [0.15, 0.2) is 0 Å². The highest BCUT2D eigenvalue weighted by Gasteiger charge is 2.02. The maximum absolute atomic E-state index is 5.73. The van der Waals surface area contributed by atoms with Crippen LogP contribution in [0.3, 0.4) is 0 Å². The maximum Gasteiger partial charge on any atom is 0.106 e. The van der Waals surface area contributed by atoms with Crippen molar-refractivity contribution in [3.05, 3.63) is 29.8 Å². The third kappa shape index (κ3) is 3.59. The first kappa shape index (κ1) is 10.9. The van der Waals surface area contributed by atoms with Gasteiger partial charge in [-0.1, -0.05) is 26.0 Å². The van der Waals surface area contributed by atoms with Crippen molar-refractivity contribution >= 4 is 23.4 Å². The highest BCUT2D eigenvalue weighted by atomic mass is 35.5. The summed E-state index contributed by atoms with van der Waals surface area (Å²) >= 11 is 7.57. The second kappa shape index (κ2) is 4.89. The molecule has 0 aliphatic heterocycles. The fraction of sp³-hybridized carbons (Fsp3) is 0.400. The lowest BCUT2D eigenvalue weighted by molar-refractivity contribution is 1.01. The average molecular weight is 216 g/mol. The molecular weight excluding hydrogens is 202 g/mol. The Balaban J connectivity index is 2.70. The minimum absolute atomic E-state index is 0.391. The predicted octanol–water partition coefficient (Wildman–Crippen LogP) is 3.38. The Bertz CT molecular complexity index is 256. The highest BCUT2D eigenvalue weighted by molar-refractivity contribution is 7.99. The van der Waals surface area contributed by atoms with Gasteiger partial charge in [-0.25, -0.2) is 0 Å². The molecule has 0 aromatic heterocycles. The quantitative estimate of drug-likeness (QED) is 0.475. The van der Waals surface area contributed by atoms with Gasteiger partial charge in [0, 0.05) is 10.1 Å². The average Bonchev–Trinajstić information content (AvgIpc) is 2.04. The van der Waals surface area contributed by atoms with Gasteiger partial charge in [0.05, 0.1) is 0 Å². The molecule has 0 radical (unpaired) electrons. The minimum atomic E-state index is -0.391. The molecule has 0 saturated heterocycles. The van der Waals surface area contributed by atoms with Crippen LogP contribution in [-0.2, 0) is 0 Å². The smallest absolute Gasteiger partial charge is 0.106 e. The number of rotatable bonds is 3. The van der Waals surface area contributed by atoms with E-state index in [9.17, 15) is 0 Å². The van der Waals surface area contributed by atoms with Gasteiger partial charge in [0.25, 0.3) is 0 Å². The Hall–Kier alpha value is -0.180. The highest BCUT2D eigenvalue weighted by Crippen LogP contribution is 2.24. The molecule has 1 aromatic carbocycles. The van der Waals surface area contributed by atoms with Gasteiger partial charge < -0.3 is 5.73 Å². The number of alkyl halides is 1. The number of nitrogens with two attached hydrogens (primary N) is 1. The number of hydrogen-bond acceptors (Lipinski definition) is 2. The zero-order valence-electron chi connectivity index (χ0n) is 7.83. The first-order valence-corrected chi connectivity index (χ1v) is 5.57. The van der Waals surface area contributed by atoms with Crippen molar-refractivity contribution in [1.29, 1.82) is 0 Å². The second-order valence-electron chi connectivity index (χ2n) is 3.14. The zero-order valence-corrected chi connectivity index (χ0v) is 9.40. The van der Waals surface area contributed by atoms with Crippen LogP contribution in [0.5, 0.6) is 0 Å². The van der Waals surface area contributed by atoms with Crippen molar-refractivity contribution in [3.8, 4) is 0 Å². The molecule has 0 aliphatic rings. The zero-order chi connectivity index (χ0) is 9.84. The molecule has 1 nitrogen and oxygen atoms in total. The van der Waals surface area contributed by atoms with Crippen molar-refractivity contribution in [2.45, 2.75) is 29.5 Å². The van der Waals surface area contributed by atoms with Crippen LogP contribution < -0.4 is 5.73 Å². The third-order valence-corrected chi connectivity index (χ3v) is 2.84. The summed E-state index contributed by atoms with van der Waals surface area (Å²) in [5.74, 6) is 0. The van der Waals surface area contributed by atoms with Gasteiger partial charge in [0.1, 0.15) is 5.50 Å². The van der Waals surface area contributed by atoms with Crippen LogP contribution in [0.2, 0.25) is 0 Å². The molecule has 2 N–H and O–H groups in total. The van der Waals surface area contributed by atoms with E-state index < -0.39 is 5.50 Å². The van der Waals surface area contributed by atoms with Crippen LogP contribution in [0.1, 0.15) is 24.9 Å². The molecule has 0 amide bonds. The summed E-state index contributed by atoms with van der Waals surface area (Å²) in [7, 11) is 0. The van der Waals surface area contributed by atoms with Crippen molar-refractivity contribution in [2.24, 2.45) is 5.73 Å². The molecule has 0 bridgehead atoms. The fourth-order valence-electron chi connectivity index (χ4n) is 1.00. The first-order chi connectivity index (χ1) is 6.09. The van der Waals surface area contributed by atoms with E-state index in [0.29, 0.717) is 5.25 Å². The van der Waals surface area contributed by atoms with E-state index in [4.69, 9.17) is 17.3 Å². The summed E-state index contributed by atoms with van der Waals surface area (Å²) in [5, 5.41) is 0.607. The molecule has 1 aromatic rings. The summed E-state index contributed by atoms with van der Waals surface area (Å²) < 4.78 is 0. The van der Waals surface area contributed by atoms with Crippen molar-refractivity contribution in [1.82, 2.24) is 0 Å². The van der Waals surface area contributed by atoms with Crippen LogP contribution in [0.25, 0.3) is 0 Å². The van der Waals surface area contributed by atoms with E-state index in [2.05, 4.69) is 26.0 Å². The SMILES string of the molecule is CC(C)Sc1ccc(C(N)Cl)cc1. The molecule has 0 fully saturated rings. The van der Waals surface area contributed by atoms with Gasteiger partial charge >= 0.3 is 0 Å². The van der Waals surface area contributed by atoms with Crippen LogP contribution >= 0.6 is 23.4 Å². The number of thioether (sulfide) groups is 1. The fourth-order valence-corrected chi connectivity index (χ4v) is 1.99. The lowest BCUT2D eigenvalue weighted by Gasteiger charge is -2.07. The maximum atomic E-state index is 5.73. The van der Waals surface area contributed by atoms with E-state index in [1.54, 1.807) is 0 Å². The Kier molecular flexibility index (Phi) is 4.10. The number of halogens is 1. The summed E-state index contributed by atoms with van der Waals surface area (Å²) in [6.07, 6.45) is 0. The normalized spacial score (nSPS) is 13.3. The molecule has 1 unspecified atom stereocenters. The lowest BCUT2D eigenvalue weighted by Crippen LogP contribution is -2.01. The topological polar surface area (TPSA) is 26.0 Å². The molecule has 1 rings (SSSR count). The Morgan fingerprint density at radius 2 is 1.77 bits per heavy atom. The van der Waals surface area contributed by atoms with Gasteiger partial charge in [-0.2, -0.15) is 0 Å². The number of benzene rings is 1. The van der Waals surface area contributed by atoms with Crippen LogP contribution in [-0.4, -0.2) is 5.25 Å². The number of hydrogen-bond donors (Lipinski definition) is 1.